The van der Waals surface area contributed by atoms with Crippen LogP contribution in [-0.2, 0) is 4.74 Å². The van der Waals surface area contributed by atoms with Gasteiger partial charge in [0.1, 0.15) is 28.4 Å². The third-order valence-corrected chi connectivity index (χ3v) is 6.70. The van der Waals surface area contributed by atoms with Crippen LogP contribution in [0.4, 0.5) is 19.4 Å². The summed E-state index contributed by atoms with van der Waals surface area (Å²) in [4.78, 5) is 35.0. The van der Waals surface area contributed by atoms with Gasteiger partial charge in [-0.2, -0.15) is 15.2 Å². The van der Waals surface area contributed by atoms with Crippen molar-refractivity contribution in [2.45, 2.75) is 46.1 Å². The number of piperazine rings is 1. The summed E-state index contributed by atoms with van der Waals surface area (Å²) in [5.74, 6) is -1.70. The lowest BCUT2D eigenvalue weighted by Gasteiger charge is -2.36. The number of aromatic nitrogens is 3. The number of nitrogens with zero attached hydrogens (tertiary/aromatic N) is 7. The molecule has 1 N–H and O–H groups in total. The van der Waals surface area contributed by atoms with Gasteiger partial charge in [-0.25, -0.2) is 18.8 Å². The van der Waals surface area contributed by atoms with Gasteiger partial charge in [0.15, 0.2) is 11.6 Å². The van der Waals surface area contributed by atoms with Gasteiger partial charge in [-0.1, -0.05) is 6.07 Å². The monoisotopic (exact) mass is 615 g/mol. The lowest BCUT2D eigenvalue weighted by atomic mass is 10.1. The number of pyridine rings is 1. The molecule has 0 saturated carbocycles. The molecule has 2 aliphatic rings. The average molecular weight is 616 g/mol. The second kappa shape index (κ2) is 15.4. The molecule has 44 heavy (non-hydrogen) atoms. The van der Waals surface area contributed by atoms with Crippen LogP contribution in [0.1, 0.15) is 40.5 Å². The van der Waals surface area contributed by atoms with E-state index in [1.165, 1.54) is 58.3 Å². The maximum absolute atomic E-state index is 15.6. The number of fused-ring (bicyclic) bond motifs is 1. The second-order valence-electron chi connectivity index (χ2n) is 11.1. The summed E-state index contributed by atoms with van der Waals surface area (Å²) in [6, 6.07) is 5.34. The number of nitriles is 1. The zero-order valence-electron chi connectivity index (χ0n) is 25.9. The van der Waals surface area contributed by atoms with Gasteiger partial charge < -0.3 is 29.1 Å². The molecule has 14 heteroatoms. The van der Waals surface area contributed by atoms with Crippen LogP contribution in [0, 0.1) is 23.0 Å². The first kappa shape index (κ1) is 34.1. The molecule has 0 atom stereocenters. The second-order valence-corrected chi connectivity index (χ2v) is 11.1. The highest BCUT2D eigenvalue weighted by Crippen LogP contribution is 2.37. The SMILES string of the molecule is CC#N.CN1CCCC1.COc1nc(N2CCN(C(=O)OC(C)(C)C)CC2)c2cnc(-c3c(F)cccc3OO)c(F)c2n1. The minimum Gasteiger partial charge on any atom is -0.467 e. The molecule has 4 heterocycles. The smallest absolute Gasteiger partial charge is 0.410 e. The Balaban J connectivity index is 0.000000509. The summed E-state index contributed by atoms with van der Waals surface area (Å²) < 4.78 is 40.8. The zero-order valence-corrected chi connectivity index (χ0v) is 25.9. The van der Waals surface area contributed by atoms with Gasteiger partial charge >= 0.3 is 12.1 Å². The quantitative estimate of drug-likeness (QED) is 0.309. The van der Waals surface area contributed by atoms with Crippen molar-refractivity contribution in [3.63, 3.8) is 0 Å². The Kier molecular flexibility index (Phi) is 11.9. The maximum atomic E-state index is 15.6. The van der Waals surface area contributed by atoms with Crippen LogP contribution in [0.2, 0.25) is 0 Å². The van der Waals surface area contributed by atoms with E-state index in [1.807, 2.05) is 4.90 Å². The topological polar surface area (TPSA) is 137 Å². The largest absolute Gasteiger partial charge is 0.467 e. The van der Waals surface area contributed by atoms with E-state index >= 15 is 4.39 Å². The fraction of sp³-hybridized carbons (Fsp3) is 0.500. The summed E-state index contributed by atoms with van der Waals surface area (Å²) in [6.45, 7) is 11.0. The van der Waals surface area contributed by atoms with Crippen molar-refractivity contribution in [3.05, 3.63) is 36.0 Å². The zero-order chi connectivity index (χ0) is 32.4. The molecule has 238 valence electrons. The van der Waals surface area contributed by atoms with Crippen LogP contribution in [0.25, 0.3) is 22.2 Å². The predicted molar refractivity (Wildman–Crippen MR) is 161 cm³/mol. The number of rotatable bonds is 4. The Morgan fingerprint density at radius 1 is 1.07 bits per heavy atom. The highest BCUT2D eigenvalue weighted by molar-refractivity contribution is 5.92. The van der Waals surface area contributed by atoms with Gasteiger partial charge in [-0.3, -0.25) is 4.98 Å². The van der Waals surface area contributed by atoms with E-state index < -0.39 is 23.3 Å². The first-order valence-electron chi connectivity index (χ1n) is 14.2. The Labute approximate surface area is 255 Å². The van der Waals surface area contributed by atoms with Crippen LogP contribution in [0.3, 0.4) is 0 Å². The Hall–Kier alpha value is -4.35. The van der Waals surface area contributed by atoms with Crippen LogP contribution in [0.15, 0.2) is 24.4 Å². The molecule has 0 unspecified atom stereocenters. The average Bonchev–Trinajstić information content (AvgIpc) is 3.48. The Morgan fingerprint density at radius 2 is 1.70 bits per heavy atom. The summed E-state index contributed by atoms with van der Waals surface area (Å²) in [6.07, 6.45) is 3.75. The van der Waals surface area contributed by atoms with Crippen molar-refractivity contribution in [2.24, 2.45) is 0 Å². The van der Waals surface area contributed by atoms with Gasteiger partial charge in [-0.05, 0) is 65.9 Å². The van der Waals surface area contributed by atoms with Crippen molar-refractivity contribution >= 4 is 22.8 Å². The van der Waals surface area contributed by atoms with E-state index in [0.717, 1.165) is 6.07 Å². The van der Waals surface area contributed by atoms with E-state index in [4.69, 9.17) is 20.0 Å². The molecule has 12 nitrogen and oxygen atoms in total. The van der Waals surface area contributed by atoms with E-state index in [1.54, 1.807) is 31.7 Å². The molecule has 0 bridgehead atoms. The van der Waals surface area contributed by atoms with Crippen molar-refractivity contribution in [1.82, 2.24) is 24.8 Å². The number of halogens is 2. The first-order valence-corrected chi connectivity index (χ1v) is 14.2. The highest BCUT2D eigenvalue weighted by Gasteiger charge is 2.29. The number of ether oxygens (including phenoxy) is 2. The Morgan fingerprint density at radius 3 is 2.23 bits per heavy atom. The standard InChI is InChI=1S/C23H25F2N5O5.C5H11N.C2H3N/c1-23(2,3)34-22(31)30-10-8-29(9-11-30)20-13-12-26-19(16-14(24)6-5-7-15(16)35-32)17(25)18(13)27-21(28-20)33-4;1-6-4-2-3-5-6;1-2-3/h5-7,12,32H,8-11H2,1-4H3;2-5H2,1H3;1H3. The third kappa shape index (κ3) is 8.61. The fourth-order valence-corrected chi connectivity index (χ4v) is 4.64. The van der Waals surface area contributed by atoms with E-state index in [9.17, 15) is 9.18 Å². The number of anilines is 1. The molecule has 1 aromatic carbocycles. The molecule has 5 rings (SSSR count). The lowest BCUT2D eigenvalue weighted by Crippen LogP contribution is -2.50. The summed E-state index contributed by atoms with van der Waals surface area (Å²) in [7, 11) is 3.52. The van der Waals surface area contributed by atoms with Crippen LogP contribution < -0.4 is 14.5 Å². The summed E-state index contributed by atoms with van der Waals surface area (Å²) >= 11 is 0. The number of amides is 1. The van der Waals surface area contributed by atoms with Gasteiger partial charge in [0.25, 0.3) is 0 Å². The molecular weight excluding hydrogens is 576 g/mol. The minimum atomic E-state index is -0.930. The van der Waals surface area contributed by atoms with Crippen LogP contribution in [0.5, 0.6) is 11.8 Å². The van der Waals surface area contributed by atoms with Crippen LogP contribution >= 0.6 is 0 Å². The Bertz CT molecular complexity index is 1460. The number of hydrogen-bond donors (Lipinski definition) is 1. The number of carbonyl (C=O) groups excluding carboxylic acids is 1. The molecule has 0 radical (unpaired) electrons. The molecule has 2 saturated heterocycles. The fourth-order valence-electron chi connectivity index (χ4n) is 4.64. The number of methoxy groups -OCH3 is 1. The van der Waals surface area contributed by atoms with Crippen molar-refractivity contribution < 1.29 is 33.2 Å². The van der Waals surface area contributed by atoms with Gasteiger partial charge in [0.2, 0.25) is 0 Å². The number of likely N-dealkylation sites (tertiary alicyclic amines) is 1. The molecule has 2 fully saturated rings. The molecule has 3 aromatic rings. The highest BCUT2D eigenvalue weighted by atomic mass is 19.1. The number of hydrogen-bond acceptors (Lipinski definition) is 11. The molecule has 0 aliphatic carbocycles. The van der Waals surface area contributed by atoms with Crippen molar-refractivity contribution in [1.29, 1.82) is 5.26 Å². The summed E-state index contributed by atoms with van der Waals surface area (Å²) in [5.41, 5.74) is -1.48. The molecule has 2 aromatic heterocycles. The van der Waals surface area contributed by atoms with E-state index in [0.29, 0.717) is 32.0 Å². The molecule has 2 aliphatic heterocycles. The van der Waals surface area contributed by atoms with E-state index in [-0.39, 0.29) is 33.9 Å². The molecule has 1 amide bonds. The first-order chi connectivity index (χ1) is 20.9. The van der Waals surface area contributed by atoms with Crippen LogP contribution in [-0.4, -0.2) is 95.1 Å². The van der Waals surface area contributed by atoms with Crippen molar-refractivity contribution in [2.75, 3.05) is 58.3 Å². The third-order valence-electron chi connectivity index (χ3n) is 6.70. The van der Waals surface area contributed by atoms with E-state index in [2.05, 4.69) is 31.8 Å². The number of carbonyl (C=O) groups is 1. The normalized spacial score (nSPS) is 15.0. The van der Waals surface area contributed by atoms with Gasteiger partial charge in [0, 0.05) is 39.3 Å². The minimum absolute atomic E-state index is 0.0923. The maximum Gasteiger partial charge on any atom is 0.410 e. The van der Waals surface area contributed by atoms with Gasteiger partial charge in [0.05, 0.1) is 24.1 Å². The lowest BCUT2D eigenvalue weighted by molar-refractivity contribution is -0.137. The molecule has 0 spiro atoms. The number of benzene rings is 1. The predicted octanol–water partition coefficient (Wildman–Crippen LogP) is 5.13. The van der Waals surface area contributed by atoms with Crippen molar-refractivity contribution in [3.8, 4) is 29.1 Å². The van der Waals surface area contributed by atoms with Gasteiger partial charge in [-0.15, -0.1) is 0 Å². The summed E-state index contributed by atoms with van der Waals surface area (Å²) in [5, 5.41) is 16.7. The molecular formula is C30H39F2N7O5.